The molecule has 1 aliphatic rings. The normalized spacial score (nSPS) is 15.4. The van der Waals surface area contributed by atoms with E-state index in [0.717, 1.165) is 33.3 Å². The Labute approximate surface area is 199 Å². The highest BCUT2D eigenvalue weighted by atomic mass is 35.5. The summed E-state index contributed by atoms with van der Waals surface area (Å²) in [4.78, 5) is 26.0. The summed E-state index contributed by atoms with van der Waals surface area (Å²) in [5.74, 6) is 0.379. The molecule has 1 aliphatic heterocycles. The molecular weight excluding hydrogens is 464 g/mol. The number of hydrogen-bond acceptors (Lipinski definition) is 8. The van der Waals surface area contributed by atoms with Gasteiger partial charge in [0, 0.05) is 34.2 Å². The first kappa shape index (κ1) is 22.2. The van der Waals surface area contributed by atoms with Crippen LogP contribution in [0.15, 0.2) is 47.0 Å². The highest BCUT2D eigenvalue weighted by Crippen LogP contribution is 2.40. The Balaban J connectivity index is 1.48. The maximum atomic E-state index is 12.5. The van der Waals surface area contributed by atoms with Crippen molar-refractivity contribution in [2.24, 2.45) is 0 Å². The first-order chi connectivity index (χ1) is 16.6. The topological polar surface area (TPSA) is 112 Å². The maximum absolute atomic E-state index is 12.5. The Morgan fingerprint density at radius 1 is 1.21 bits per heavy atom. The van der Waals surface area contributed by atoms with Gasteiger partial charge < -0.3 is 19.2 Å². The minimum Gasteiger partial charge on any atom is -0.451 e. The summed E-state index contributed by atoms with van der Waals surface area (Å²) in [7, 11) is 2.89. The van der Waals surface area contributed by atoms with Gasteiger partial charge in [-0.05, 0) is 23.8 Å². The highest BCUT2D eigenvalue weighted by Gasteiger charge is 2.37. The second-order valence-corrected chi connectivity index (χ2v) is 7.96. The summed E-state index contributed by atoms with van der Waals surface area (Å²) in [5, 5.41) is 6.75. The summed E-state index contributed by atoms with van der Waals surface area (Å²) in [6.07, 6.45) is -0.539. The standard InChI is InChI=1S/C23H21ClN4O6/c1-30-9-10-32-22-26-21(27-34-22)14-5-3-13(4-6-14)20-19-17(12-33-28(20)23(29)31-2)16-11-15(24)7-8-18(16)25-19/h3-8,11,20,25H,9-10,12H2,1-2H3. The Morgan fingerprint density at radius 2 is 2.03 bits per heavy atom. The van der Waals surface area contributed by atoms with Crippen LogP contribution in [-0.4, -0.2) is 53.7 Å². The van der Waals surface area contributed by atoms with Crippen molar-refractivity contribution in [2.75, 3.05) is 27.4 Å². The fourth-order valence-corrected chi connectivity index (χ4v) is 4.09. The number of carbonyl (C=O) groups is 1. The predicted octanol–water partition coefficient (Wildman–Crippen LogP) is 4.50. The van der Waals surface area contributed by atoms with Crippen molar-refractivity contribution < 1.29 is 28.4 Å². The molecule has 1 N–H and O–H groups in total. The number of methoxy groups -OCH3 is 2. The smallest absolute Gasteiger partial charge is 0.434 e. The molecule has 0 aliphatic carbocycles. The quantitative estimate of drug-likeness (QED) is 0.398. The fourth-order valence-electron chi connectivity index (χ4n) is 3.92. The van der Waals surface area contributed by atoms with Crippen molar-refractivity contribution in [3.8, 4) is 17.5 Å². The molecule has 11 heteroatoms. The molecule has 176 valence electrons. The van der Waals surface area contributed by atoms with Crippen LogP contribution in [0.25, 0.3) is 22.3 Å². The van der Waals surface area contributed by atoms with Crippen molar-refractivity contribution in [1.29, 1.82) is 0 Å². The van der Waals surface area contributed by atoms with Gasteiger partial charge in [0.2, 0.25) is 5.82 Å². The summed E-state index contributed by atoms with van der Waals surface area (Å²) in [6, 6.07) is 12.4. The second-order valence-electron chi connectivity index (χ2n) is 7.53. The van der Waals surface area contributed by atoms with Crippen LogP contribution in [0.4, 0.5) is 4.79 Å². The fraction of sp³-hybridized carbons (Fsp3) is 0.261. The summed E-state index contributed by atoms with van der Waals surface area (Å²) >= 11 is 6.21. The molecule has 1 unspecified atom stereocenters. The van der Waals surface area contributed by atoms with E-state index in [2.05, 4.69) is 15.1 Å². The number of halogens is 1. The lowest BCUT2D eigenvalue weighted by Crippen LogP contribution is -2.38. The molecule has 0 saturated heterocycles. The summed E-state index contributed by atoms with van der Waals surface area (Å²) < 4.78 is 20.4. The van der Waals surface area contributed by atoms with Gasteiger partial charge in [0.15, 0.2) is 0 Å². The lowest BCUT2D eigenvalue weighted by Gasteiger charge is -2.33. The summed E-state index contributed by atoms with van der Waals surface area (Å²) in [6.45, 7) is 0.919. The van der Waals surface area contributed by atoms with Gasteiger partial charge in [0.05, 0.1) is 19.4 Å². The molecular formula is C23H21ClN4O6. The van der Waals surface area contributed by atoms with E-state index < -0.39 is 12.1 Å². The number of fused-ring (bicyclic) bond motifs is 3. The Kier molecular flexibility index (Phi) is 6.10. The Morgan fingerprint density at radius 3 is 2.79 bits per heavy atom. The minimum atomic E-state index is -0.604. The van der Waals surface area contributed by atoms with Gasteiger partial charge in [-0.3, -0.25) is 9.36 Å². The predicted molar refractivity (Wildman–Crippen MR) is 121 cm³/mol. The van der Waals surface area contributed by atoms with Gasteiger partial charge in [-0.2, -0.15) is 10.0 Å². The van der Waals surface area contributed by atoms with Gasteiger partial charge in [-0.1, -0.05) is 41.0 Å². The number of H-pyrrole nitrogens is 1. The van der Waals surface area contributed by atoms with Crippen LogP contribution >= 0.6 is 11.6 Å². The molecule has 0 radical (unpaired) electrons. The number of hydrogen-bond donors (Lipinski definition) is 1. The number of benzene rings is 2. The average molecular weight is 485 g/mol. The van der Waals surface area contributed by atoms with Crippen molar-refractivity contribution >= 4 is 28.6 Å². The first-order valence-electron chi connectivity index (χ1n) is 10.4. The lowest BCUT2D eigenvalue weighted by atomic mass is 9.97. The molecule has 0 spiro atoms. The van der Waals surface area contributed by atoms with Crippen molar-refractivity contribution in [1.82, 2.24) is 20.2 Å². The third-order valence-corrected chi connectivity index (χ3v) is 5.75. The van der Waals surface area contributed by atoms with E-state index >= 15 is 0 Å². The van der Waals surface area contributed by atoms with Gasteiger partial charge in [0.25, 0.3) is 0 Å². The number of aromatic nitrogens is 3. The van der Waals surface area contributed by atoms with Gasteiger partial charge in [0.1, 0.15) is 19.3 Å². The van der Waals surface area contributed by atoms with E-state index in [1.807, 2.05) is 42.5 Å². The van der Waals surface area contributed by atoms with E-state index in [9.17, 15) is 4.79 Å². The molecule has 34 heavy (non-hydrogen) atoms. The van der Waals surface area contributed by atoms with Crippen LogP contribution in [0.3, 0.4) is 0 Å². The number of rotatable bonds is 6. The second kappa shape index (κ2) is 9.34. The van der Waals surface area contributed by atoms with Crippen LogP contribution in [0.2, 0.25) is 5.02 Å². The molecule has 0 bridgehead atoms. The SMILES string of the molecule is COCCOc1nc(-c2ccc(C3c4[nH]c5ccc(Cl)cc5c4CON3C(=O)OC)cc2)no1. The molecule has 5 rings (SSSR count). The van der Waals surface area contributed by atoms with Crippen molar-refractivity contribution in [3.63, 3.8) is 0 Å². The molecule has 1 amide bonds. The number of nitrogens with one attached hydrogen (secondary N) is 1. The number of aromatic amines is 1. The van der Waals surface area contributed by atoms with Gasteiger partial charge in [-0.15, -0.1) is 0 Å². The van der Waals surface area contributed by atoms with Crippen LogP contribution < -0.4 is 4.74 Å². The van der Waals surface area contributed by atoms with E-state index in [-0.39, 0.29) is 12.7 Å². The Bertz CT molecular complexity index is 1320. The van der Waals surface area contributed by atoms with Gasteiger partial charge in [-0.25, -0.2) is 4.79 Å². The number of ether oxygens (including phenoxy) is 3. The average Bonchev–Trinajstić information content (AvgIpc) is 3.48. The minimum absolute atomic E-state index is 0.0649. The zero-order chi connectivity index (χ0) is 23.7. The molecule has 3 heterocycles. The number of amides is 1. The molecule has 1 atom stereocenters. The van der Waals surface area contributed by atoms with Crippen molar-refractivity contribution in [2.45, 2.75) is 12.6 Å². The monoisotopic (exact) mass is 484 g/mol. The molecule has 0 saturated carbocycles. The number of hydroxylamine groups is 2. The highest BCUT2D eigenvalue weighted by molar-refractivity contribution is 6.31. The molecule has 10 nitrogen and oxygen atoms in total. The summed E-state index contributed by atoms with van der Waals surface area (Å²) in [5.41, 5.74) is 4.18. The van der Waals surface area contributed by atoms with Crippen LogP contribution in [0, 0.1) is 0 Å². The van der Waals surface area contributed by atoms with Gasteiger partial charge >= 0.3 is 12.2 Å². The third kappa shape index (κ3) is 4.07. The van der Waals surface area contributed by atoms with Crippen molar-refractivity contribution in [3.05, 3.63) is 64.3 Å². The van der Waals surface area contributed by atoms with Crippen LogP contribution in [0.5, 0.6) is 6.08 Å². The van der Waals surface area contributed by atoms with E-state index in [4.69, 9.17) is 35.2 Å². The van der Waals surface area contributed by atoms with Crippen LogP contribution in [-0.2, 0) is 20.9 Å². The van der Waals surface area contributed by atoms with E-state index in [0.29, 0.717) is 24.1 Å². The Hall–Kier alpha value is -3.60. The zero-order valence-electron chi connectivity index (χ0n) is 18.4. The molecule has 0 fully saturated rings. The third-order valence-electron chi connectivity index (χ3n) is 5.52. The first-order valence-corrected chi connectivity index (χ1v) is 10.8. The number of carbonyl (C=O) groups excluding carboxylic acids is 1. The maximum Gasteiger partial charge on any atom is 0.434 e. The molecule has 2 aromatic heterocycles. The number of nitrogens with zero attached hydrogens (tertiary/aromatic N) is 3. The molecule has 4 aromatic rings. The largest absolute Gasteiger partial charge is 0.451 e. The van der Waals surface area contributed by atoms with E-state index in [1.54, 1.807) is 7.11 Å². The zero-order valence-corrected chi connectivity index (χ0v) is 19.2. The molecule has 2 aromatic carbocycles. The van der Waals surface area contributed by atoms with Crippen LogP contribution in [0.1, 0.15) is 22.9 Å². The van der Waals surface area contributed by atoms with E-state index in [1.165, 1.54) is 12.2 Å². The lowest BCUT2D eigenvalue weighted by molar-refractivity contribution is -0.173.